The molecule has 92 valence electrons. The maximum atomic E-state index is 12.6. The summed E-state index contributed by atoms with van der Waals surface area (Å²) in [6, 6.07) is -0.156. The van der Waals surface area contributed by atoms with Gasteiger partial charge in [-0.2, -0.15) is 0 Å². The first-order valence-corrected chi connectivity index (χ1v) is 9.28. The standard InChI is InChI=1S/C8H19F2O3PSi/c1-4-12-14(11,13-5-2)7-6-8-15(3,9)10/h4-8H2,1-3H3. The Labute approximate surface area is 91.0 Å². The molecule has 0 aliphatic heterocycles. The van der Waals surface area contributed by atoms with Crippen molar-refractivity contribution in [3.05, 3.63) is 0 Å². The lowest BCUT2D eigenvalue weighted by atomic mass is 10.6. The minimum atomic E-state index is -4.04. The molecule has 0 spiro atoms. The fraction of sp³-hybridized carbons (Fsp3) is 1.00. The Morgan fingerprint density at radius 3 is 2.00 bits per heavy atom. The first-order chi connectivity index (χ1) is 6.83. The van der Waals surface area contributed by atoms with Gasteiger partial charge in [-0.1, -0.05) is 0 Å². The number of hydrogen-bond donors (Lipinski definition) is 0. The Morgan fingerprint density at radius 2 is 1.67 bits per heavy atom. The molecule has 7 heteroatoms. The van der Waals surface area contributed by atoms with Crippen LogP contribution in [0.25, 0.3) is 0 Å². The van der Waals surface area contributed by atoms with Crippen molar-refractivity contribution in [3.63, 3.8) is 0 Å². The van der Waals surface area contributed by atoms with Crippen molar-refractivity contribution in [3.8, 4) is 0 Å². The van der Waals surface area contributed by atoms with Gasteiger partial charge in [0.15, 0.2) is 0 Å². The molecule has 15 heavy (non-hydrogen) atoms. The van der Waals surface area contributed by atoms with Gasteiger partial charge in [0.2, 0.25) is 0 Å². The molecule has 0 unspecified atom stereocenters. The van der Waals surface area contributed by atoms with Gasteiger partial charge in [-0.3, -0.25) is 12.8 Å². The van der Waals surface area contributed by atoms with Crippen molar-refractivity contribution in [1.29, 1.82) is 0 Å². The molecule has 0 aromatic rings. The van der Waals surface area contributed by atoms with Crippen molar-refractivity contribution >= 4 is 16.3 Å². The molecule has 0 rings (SSSR count). The monoisotopic (exact) mass is 260 g/mol. The van der Waals surface area contributed by atoms with E-state index in [0.29, 0.717) is 0 Å². The quantitative estimate of drug-likeness (QED) is 0.379. The molecule has 0 aromatic heterocycles. The van der Waals surface area contributed by atoms with Crippen LogP contribution in [-0.2, 0) is 13.6 Å². The van der Waals surface area contributed by atoms with E-state index in [4.69, 9.17) is 9.05 Å². The van der Waals surface area contributed by atoms with Crippen molar-refractivity contribution in [2.75, 3.05) is 19.4 Å². The molecule has 0 aliphatic carbocycles. The van der Waals surface area contributed by atoms with Crippen LogP contribution in [0, 0.1) is 0 Å². The maximum absolute atomic E-state index is 12.6. The molecule has 0 heterocycles. The van der Waals surface area contributed by atoms with E-state index in [1.54, 1.807) is 13.8 Å². The van der Waals surface area contributed by atoms with Crippen LogP contribution in [-0.4, -0.2) is 28.1 Å². The molecule has 0 radical (unpaired) electrons. The van der Waals surface area contributed by atoms with Crippen LogP contribution in [0.5, 0.6) is 0 Å². The van der Waals surface area contributed by atoms with Crippen LogP contribution in [0.1, 0.15) is 20.3 Å². The summed E-state index contributed by atoms with van der Waals surface area (Å²) in [5.74, 6) is 0. The highest BCUT2D eigenvalue weighted by molar-refractivity contribution is 7.53. The molecule has 0 saturated carbocycles. The fourth-order valence-electron chi connectivity index (χ4n) is 1.14. The molecule has 0 fully saturated rings. The van der Waals surface area contributed by atoms with E-state index in [2.05, 4.69) is 0 Å². The van der Waals surface area contributed by atoms with Crippen LogP contribution in [0.15, 0.2) is 0 Å². The average Bonchev–Trinajstić information content (AvgIpc) is 2.01. The summed E-state index contributed by atoms with van der Waals surface area (Å²) in [6.07, 6.45) is 0.290. The normalized spacial score (nSPS) is 13.1. The van der Waals surface area contributed by atoms with Gasteiger partial charge in [0.05, 0.1) is 19.4 Å². The maximum Gasteiger partial charge on any atom is 0.422 e. The first-order valence-electron chi connectivity index (χ1n) is 5.09. The third-order valence-corrected chi connectivity index (χ3v) is 5.10. The summed E-state index contributed by atoms with van der Waals surface area (Å²) >= 11 is 0. The van der Waals surface area contributed by atoms with E-state index in [9.17, 15) is 12.8 Å². The van der Waals surface area contributed by atoms with E-state index in [-0.39, 0.29) is 31.8 Å². The van der Waals surface area contributed by atoms with Crippen LogP contribution >= 0.6 is 7.60 Å². The molecule has 0 saturated heterocycles. The second-order valence-corrected chi connectivity index (χ2v) is 8.17. The summed E-state index contributed by atoms with van der Waals surface area (Å²) in [6.45, 7) is 4.94. The van der Waals surface area contributed by atoms with Gasteiger partial charge < -0.3 is 9.05 Å². The molecule has 0 N–H and O–H groups in total. The molecule has 0 atom stereocenters. The second-order valence-electron chi connectivity index (χ2n) is 3.34. The number of halogens is 2. The smallest absolute Gasteiger partial charge is 0.309 e. The minimum absolute atomic E-state index is 0.0884. The van der Waals surface area contributed by atoms with Gasteiger partial charge in [-0.25, -0.2) is 0 Å². The van der Waals surface area contributed by atoms with Gasteiger partial charge in [0.1, 0.15) is 0 Å². The fourth-order valence-corrected chi connectivity index (χ4v) is 3.90. The zero-order valence-corrected chi connectivity index (χ0v) is 11.4. The third kappa shape index (κ3) is 8.08. The van der Waals surface area contributed by atoms with Gasteiger partial charge in [0, 0.05) is 0 Å². The molecular formula is C8H19F2O3PSi. The summed E-state index contributed by atoms with van der Waals surface area (Å²) < 4.78 is 47.1. The summed E-state index contributed by atoms with van der Waals surface area (Å²) in [5, 5.41) is 0. The largest absolute Gasteiger partial charge is 0.422 e. The zero-order chi connectivity index (χ0) is 11.9. The lowest BCUT2D eigenvalue weighted by Crippen LogP contribution is -2.16. The Bertz CT molecular complexity index is 210. The Hall–Kier alpha value is 0.227. The van der Waals surface area contributed by atoms with Crippen molar-refractivity contribution in [1.82, 2.24) is 0 Å². The van der Waals surface area contributed by atoms with E-state index >= 15 is 0 Å². The highest BCUT2D eigenvalue weighted by atomic mass is 31.2. The lowest BCUT2D eigenvalue weighted by molar-refractivity contribution is 0.220. The zero-order valence-electron chi connectivity index (χ0n) is 9.46. The van der Waals surface area contributed by atoms with Gasteiger partial charge in [0.25, 0.3) is 0 Å². The second kappa shape index (κ2) is 6.73. The van der Waals surface area contributed by atoms with Crippen molar-refractivity contribution in [2.24, 2.45) is 0 Å². The van der Waals surface area contributed by atoms with Crippen LogP contribution in [0.3, 0.4) is 0 Å². The molecule has 0 aromatic carbocycles. The van der Waals surface area contributed by atoms with Crippen LogP contribution < -0.4 is 0 Å². The Kier molecular flexibility index (Phi) is 6.83. The molecule has 0 aliphatic rings. The van der Waals surface area contributed by atoms with Crippen LogP contribution in [0.4, 0.5) is 8.22 Å². The van der Waals surface area contributed by atoms with Gasteiger partial charge in [-0.05, 0) is 32.9 Å². The molecular weight excluding hydrogens is 241 g/mol. The molecule has 0 amide bonds. The Morgan fingerprint density at radius 1 is 1.20 bits per heavy atom. The summed E-state index contributed by atoms with van der Waals surface area (Å²) in [5.41, 5.74) is 0. The third-order valence-electron chi connectivity index (χ3n) is 1.70. The topological polar surface area (TPSA) is 35.5 Å². The SMILES string of the molecule is CCOP(=O)(CCC[Si](C)(F)F)OCC. The Balaban J connectivity index is 4.02. The van der Waals surface area contributed by atoms with Gasteiger partial charge in [-0.15, -0.1) is 0 Å². The minimum Gasteiger partial charge on any atom is -0.309 e. The molecule has 0 bridgehead atoms. The van der Waals surface area contributed by atoms with E-state index in [1.165, 1.54) is 0 Å². The highest BCUT2D eigenvalue weighted by Crippen LogP contribution is 2.49. The van der Waals surface area contributed by atoms with Crippen LogP contribution in [0.2, 0.25) is 12.6 Å². The van der Waals surface area contributed by atoms with Crippen molar-refractivity contribution < 1.29 is 21.8 Å². The number of hydrogen-bond acceptors (Lipinski definition) is 3. The predicted molar refractivity (Wildman–Crippen MR) is 59.0 cm³/mol. The summed E-state index contributed by atoms with van der Waals surface area (Å²) in [7, 11) is -7.15. The summed E-state index contributed by atoms with van der Waals surface area (Å²) in [4.78, 5) is 0. The van der Waals surface area contributed by atoms with E-state index < -0.39 is 16.3 Å². The highest BCUT2D eigenvalue weighted by Gasteiger charge is 2.30. The average molecular weight is 260 g/mol. The first kappa shape index (κ1) is 15.2. The molecule has 3 nitrogen and oxygen atoms in total. The number of rotatable bonds is 8. The van der Waals surface area contributed by atoms with Crippen molar-refractivity contribution in [2.45, 2.75) is 32.9 Å². The lowest BCUT2D eigenvalue weighted by Gasteiger charge is -2.17. The van der Waals surface area contributed by atoms with E-state index in [1.807, 2.05) is 0 Å². The van der Waals surface area contributed by atoms with E-state index in [0.717, 1.165) is 6.55 Å². The predicted octanol–water partition coefficient (Wildman–Crippen LogP) is 3.65. The van der Waals surface area contributed by atoms with Gasteiger partial charge >= 0.3 is 16.3 Å².